The summed E-state index contributed by atoms with van der Waals surface area (Å²) in [5.74, 6) is -0.649. The van der Waals surface area contributed by atoms with E-state index in [0.29, 0.717) is 22.2 Å². The van der Waals surface area contributed by atoms with Crippen LogP contribution in [-0.4, -0.2) is 14.9 Å². The maximum Gasteiger partial charge on any atom is 0.171 e. The van der Waals surface area contributed by atoms with Gasteiger partial charge in [-0.3, -0.25) is 4.68 Å². The van der Waals surface area contributed by atoms with Crippen molar-refractivity contribution in [2.24, 2.45) is 0 Å². The van der Waals surface area contributed by atoms with Gasteiger partial charge in [0.15, 0.2) is 5.11 Å². The van der Waals surface area contributed by atoms with Crippen LogP contribution in [0, 0.1) is 25.5 Å². The molecule has 2 N–H and O–H groups in total. The number of anilines is 1. The Morgan fingerprint density at radius 2 is 1.86 bits per heavy atom. The molecule has 0 aliphatic carbocycles. The molecule has 146 valence electrons. The van der Waals surface area contributed by atoms with Gasteiger partial charge >= 0.3 is 0 Å². The Labute approximate surface area is 172 Å². The minimum atomic E-state index is -0.369. The average molecular weight is 421 g/mol. The van der Waals surface area contributed by atoms with Crippen LogP contribution < -0.4 is 10.6 Å². The lowest BCUT2D eigenvalue weighted by Gasteiger charge is -2.12. The predicted octanol–water partition coefficient (Wildman–Crippen LogP) is 4.97. The predicted molar refractivity (Wildman–Crippen MR) is 112 cm³/mol. The fourth-order valence-electron chi connectivity index (χ4n) is 2.81. The number of thiocarbonyl (C=S) groups is 1. The van der Waals surface area contributed by atoms with Gasteiger partial charge in [0, 0.05) is 17.1 Å². The second kappa shape index (κ2) is 8.67. The van der Waals surface area contributed by atoms with E-state index >= 15 is 0 Å². The summed E-state index contributed by atoms with van der Waals surface area (Å²) in [5, 5.41) is 11.5. The van der Waals surface area contributed by atoms with Crippen LogP contribution in [0.3, 0.4) is 0 Å². The lowest BCUT2D eigenvalue weighted by molar-refractivity contribution is 0.579. The van der Waals surface area contributed by atoms with Gasteiger partial charge in [-0.1, -0.05) is 29.8 Å². The van der Waals surface area contributed by atoms with E-state index in [2.05, 4.69) is 15.7 Å². The minimum absolute atomic E-state index is 0.218. The van der Waals surface area contributed by atoms with Crippen molar-refractivity contribution in [2.75, 3.05) is 5.32 Å². The maximum atomic E-state index is 14.1. The Kier molecular flexibility index (Phi) is 6.26. The molecule has 0 aliphatic rings. The molecule has 3 rings (SSSR count). The molecule has 0 unspecified atom stereocenters. The summed E-state index contributed by atoms with van der Waals surface area (Å²) in [6.45, 7) is 4.40. The number of benzene rings is 2. The van der Waals surface area contributed by atoms with Gasteiger partial charge in [0.25, 0.3) is 0 Å². The zero-order valence-corrected chi connectivity index (χ0v) is 17.0. The van der Waals surface area contributed by atoms with Crippen LogP contribution in [0.4, 0.5) is 14.5 Å². The van der Waals surface area contributed by atoms with Crippen LogP contribution in [0.1, 0.15) is 22.5 Å². The number of hydrogen-bond donors (Lipinski definition) is 2. The third-order valence-corrected chi connectivity index (χ3v) is 4.96. The van der Waals surface area contributed by atoms with Crippen molar-refractivity contribution < 1.29 is 8.78 Å². The molecule has 0 amide bonds. The maximum absolute atomic E-state index is 14.1. The lowest BCUT2D eigenvalue weighted by atomic mass is 10.2. The van der Waals surface area contributed by atoms with Crippen molar-refractivity contribution >= 4 is 34.6 Å². The van der Waals surface area contributed by atoms with E-state index in [0.717, 1.165) is 22.6 Å². The summed E-state index contributed by atoms with van der Waals surface area (Å²) >= 11 is 11.5. The SMILES string of the molecule is Cc1nn(Cc2c(F)cccc2Cl)c(C)c1NC(=S)NCc1ccc(F)cc1. The van der Waals surface area contributed by atoms with Crippen molar-refractivity contribution in [1.82, 2.24) is 15.1 Å². The normalized spacial score (nSPS) is 10.8. The topological polar surface area (TPSA) is 41.9 Å². The van der Waals surface area contributed by atoms with Gasteiger partial charge in [-0.15, -0.1) is 0 Å². The summed E-state index contributed by atoms with van der Waals surface area (Å²) < 4.78 is 28.7. The molecule has 0 radical (unpaired) electrons. The van der Waals surface area contributed by atoms with E-state index in [1.165, 1.54) is 18.2 Å². The van der Waals surface area contributed by atoms with Crippen molar-refractivity contribution in [3.8, 4) is 0 Å². The average Bonchev–Trinajstić information content (AvgIpc) is 2.92. The first-order valence-electron chi connectivity index (χ1n) is 8.61. The van der Waals surface area contributed by atoms with E-state index in [4.69, 9.17) is 23.8 Å². The third kappa shape index (κ3) is 4.66. The second-order valence-electron chi connectivity index (χ2n) is 6.34. The molecule has 0 saturated carbocycles. The number of nitrogens with zero attached hydrogens (tertiary/aromatic N) is 2. The number of nitrogens with one attached hydrogen (secondary N) is 2. The second-order valence-corrected chi connectivity index (χ2v) is 7.15. The van der Waals surface area contributed by atoms with Gasteiger partial charge in [0.2, 0.25) is 0 Å². The highest BCUT2D eigenvalue weighted by molar-refractivity contribution is 7.80. The zero-order chi connectivity index (χ0) is 20.3. The van der Waals surface area contributed by atoms with E-state index in [1.807, 2.05) is 13.8 Å². The molecule has 4 nitrogen and oxygen atoms in total. The Bertz CT molecular complexity index is 982. The van der Waals surface area contributed by atoms with Gasteiger partial charge in [-0.25, -0.2) is 8.78 Å². The molecule has 1 heterocycles. The number of aryl methyl sites for hydroxylation is 1. The van der Waals surface area contributed by atoms with Crippen molar-refractivity contribution in [3.63, 3.8) is 0 Å². The molecule has 1 aromatic heterocycles. The molecule has 0 fully saturated rings. The Morgan fingerprint density at radius 3 is 2.54 bits per heavy atom. The summed E-state index contributed by atoms with van der Waals surface area (Å²) in [7, 11) is 0. The lowest BCUT2D eigenvalue weighted by Crippen LogP contribution is -2.28. The summed E-state index contributed by atoms with van der Waals surface area (Å²) in [6, 6.07) is 10.8. The highest BCUT2D eigenvalue weighted by atomic mass is 35.5. The van der Waals surface area contributed by atoms with Gasteiger partial charge in [0.05, 0.1) is 23.6 Å². The molecule has 0 bridgehead atoms. The zero-order valence-electron chi connectivity index (χ0n) is 15.4. The molecular formula is C20H19ClF2N4S. The van der Waals surface area contributed by atoms with E-state index in [9.17, 15) is 8.78 Å². The van der Waals surface area contributed by atoms with Crippen LogP contribution >= 0.6 is 23.8 Å². The number of aromatic nitrogens is 2. The van der Waals surface area contributed by atoms with Crippen molar-refractivity contribution in [3.05, 3.63) is 81.6 Å². The molecule has 8 heteroatoms. The van der Waals surface area contributed by atoms with Gasteiger partial charge < -0.3 is 10.6 Å². The van der Waals surface area contributed by atoms with E-state index in [-0.39, 0.29) is 18.2 Å². The van der Waals surface area contributed by atoms with Crippen LogP contribution in [0.15, 0.2) is 42.5 Å². The molecule has 28 heavy (non-hydrogen) atoms. The van der Waals surface area contributed by atoms with E-state index < -0.39 is 0 Å². The van der Waals surface area contributed by atoms with Gasteiger partial charge in [-0.2, -0.15) is 5.10 Å². The molecule has 0 spiro atoms. The monoisotopic (exact) mass is 420 g/mol. The molecule has 3 aromatic rings. The number of hydrogen-bond acceptors (Lipinski definition) is 2. The van der Waals surface area contributed by atoms with Crippen molar-refractivity contribution in [2.45, 2.75) is 26.9 Å². The summed E-state index contributed by atoms with van der Waals surface area (Å²) in [5.41, 5.74) is 3.59. The van der Waals surface area contributed by atoms with Crippen LogP contribution in [0.25, 0.3) is 0 Å². The fraction of sp³-hybridized carbons (Fsp3) is 0.200. The smallest absolute Gasteiger partial charge is 0.171 e. The van der Waals surface area contributed by atoms with Crippen LogP contribution in [0.2, 0.25) is 5.02 Å². The largest absolute Gasteiger partial charge is 0.358 e. The summed E-state index contributed by atoms with van der Waals surface area (Å²) in [6.07, 6.45) is 0. The van der Waals surface area contributed by atoms with Crippen molar-refractivity contribution in [1.29, 1.82) is 0 Å². The van der Waals surface area contributed by atoms with E-state index in [1.54, 1.807) is 28.9 Å². The van der Waals surface area contributed by atoms with Gasteiger partial charge in [-0.05, 0) is 55.9 Å². The molecule has 0 saturated heterocycles. The Morgan fingerprint density at radius 1 is 1.14 bits per heavy atom. The van der Waals surface area contributed by atoms with Crippen LogP contribution in [0.5, 0.6) is 0 Å². The van der Waals surface area contributed by atoms with Crippen LogP contribution in [-0.2, 0) is 13.1 Å². The highest BCUT2D eigenvalue weighted by Gasteiger charge is 2.15. The minimum Gasteiger partial charge on any atom is -0.358 e. The Balaban J connectivity index is 1.69. The fourth-order valence-corrected chi connectivity index (χ4v) is 3.20. The quantitative estimate of drug-likeness (QED) is 0.572. The van der Waals surface area contributed by atoms with Gasteiger partial charge in [0.1, 0.15) is 11.6 Å². The standard InChI is InChI=1S/C20H19ClF2N4S/c1-12-19(25-20(28)24-10-14-6-8-15(22)9-7-14)13(2)27(26-12)11-16-17(21)4-3-5-18(16)23/h3-9H,10-11H2,1-2H3,(H2,24,25,28). The molecule has 0 atom stereocenters. The number of rotatable bonds is 5. The molecule has 0 aliphatic heterocycles. The first kappa shape index (κ1) is 20.2. The highest BCUT2D eigenvalue weighted by Crippen LogP contribution is 2.24. The molecule has 2 aromatic carbocycles. The third-order valence-electron chi connectivity index (χ3n) is 4.36. The first-order chi connectivity index (χ1) is 13.3. The number of halogens is 3. The Hall–Kier alpha value is -2.51. The molecular weight excluding hydrogens is 402 g/mol. The summed E-state index contributed by atoms with van der Waals surface area (Å²) in [4.78, 5) is 0. The first-order valence-corrected chi connectivity index (χ1v) is 9.40.